The fourth-order valence-electron chi connectivity index (χ4n) is 4.55. The van der Waals surface area contributed by atoms with E-state index >= 15 is 0 Å². The van der Waals surface area contributed by atoms with Crippen molar-refractivity contribution in [2.24, 2.45) is 0 Å². The first-order chi connectivity index (χ1) is 13.7. The maximum Gasteiger partial charge on any atom is 0.236 e. The minimum absolute atomic E-state index is 0.310. The maximum atomic E-state index is 12.7. The van der Waals surface area contributed by atoms with Gasteiger partial charge in [0.15, 0.2) is 0 Å². The summed E-state index contributed by atoms with van der Waals surface area (Å²) in [7, 11) is 0. The molecule has 0 spiro atoms. The molecule has 28 heavy (non-hydrogen) atoms. The number of likely N-dealkylation sites (tertiary alicyclic amines) is 1. The normalized spacial score (nSPS) is 21.8. The van der Waals surface area contributed by atoms with E-state index in [-0.39, 0.29) is 0 Å². The average molecular weight is 387 g/mol. The number of hydrogen-bond acceptors (Lipinski definition) is 6. The highest BCUT2D eigenvalue weighted by molar-refractivity contribution is 5.78. The molecule has 3 aliphatic rings. The molecule has 0 radical (unpaired) electrons. The van der Waals surface area contributed by atoms with Gasteiger partial charge in [0.1, 0.15) is 17.5 Å². The molecule has 0 bridgehead atoms. The van der Waals surface area contributed by atoms with Crippen LogP contribution in [-0.2, 0) is 4.79 Å². The lowest BCUT2D eigenvalue weighted by molar-refractivity contribution is -0.132. The molecule has 154 valence electrons. The summed E-state index contributed by atoms with van der Waals surface area (Å²) < 4.78 is 0. The number of rotatable bonds is 4. The minimum Gasteiger partial charge on any atom is -0.356 e. The summed E-state index contributed by atoms with van der Waals surface area (Å²) in [6.45, 7) is 10.3. The number of aromatic nitrogens is 2. The van der Waals surface area contributed by atoms with Crippen molar-refractivity contribution in [2.75, 3.05) is 68.7 Å². The Morgan fingerprint density at radius 3 is 1.93 bits per heavy atom. The van der Waals surface area contributed by atoms with Gasteiger partial charge in [-0.1, -0.05) is 12.8 Å². The summed E-state index contributed by atoms with van der Waals surface area (Å²) in [6, 6.07) is 2.15. The van der Waals surface area contributed by atoms with Crippen molar-refractivity contribution in [3.8, 4) is 0 Å². The molecule has 7 heteroatoms. The lowest BCUT2D eigenvalue weighted by Crippen LogP contribution is -2.50. The molecule has 4 rings (SSSR count). The Kier molecular flexibility index (Phi) is 6.29. The second-order valence-corrected chi connectivity index (χ2v) is 8.38. The number of anilines is 2. The minimum atomic E-state index is 0.310. The largest absolute Gasteiger partial charge is 0.356 e. The summed E-state index contributed by atoms with van der Waals surface area (Å²) in [5.41, 5.74) is 0. The standard InChI is InChI=1S/C21H34N6O/c1-18-22-19(25-8-6-7-9-25)16-20(23-18)26-14-12-24(13-15-26)17-21(28)27-10-4-2-3-5-11-27/h16H,2-15,17H2,1H3. The van der Waals surface area contributed by atoms with Crippen molar-refractivity contribution < 1.29 is 4.79 Å². The molecule has 1 aromatic rings. The van der Waals surface area contributed by atoms with E-state index in [0.29, 0.717) is 12.5 Å². The van der Waals surface area contributed by atoms with E-state index in [9.17, 15) is 4.79 Å². The zero-order chi connectivity index (χ0) is 19.3. The van der Waals surface area contributed by atoms with Crippen molar-refractivity contribution in [1.29, 1.82) is 0 Å². The Balaban J connectivity index is 1.32. The second kappa shape index (κ2) is 9.07. The zero-order valence-electron chi connectivity index (χ0n) is 17.3. The van der Waals surface area contributed by atoms with Crippen LogP contribution in [0.5, 0.6) is 0 Å². The van der Waals surface area contributed by atoms with E-state index in [1.165, 1.54) is 25.7 Å². The number of aryl methyl sites for hydroxylation is 1. The fraction of sp³-hybridized carbons (Fsp3) is 0.762. The van der Waals surface area contributed by atoms with E-state index in [4.69, 9.17) is 4.98 Å². The molecule has 0 unspecified atom stereocenters. The number of hydrogen-bond donors (Lipinski definition) is 0. The maximum absolute atomic E-state index is 12.7. The number of amides is 1. The molecule has 4 heterocycles. The summed E-state index contributed by atoms with van der Waals surface area (Å²) in [5.74, 6) is 3.26. The Bertz CT molecular complexity index is 659. The Morgan fingerprint density at radius 1 is 0.786 bits per heavy atom. The molecule has 3 fully saturated rings. The van der Waals surface area contributed by atoms with Gasteiger partial charge >= 0.3 is 0 Å². The third-order valence-corrected chi connectivity index (χ3v) is 6.25. The van der Waals surface area contributed by atoms with Gasteiger partial charge in [0.25, 0.3) is 0 Å². The van der Waals surface area contributed by atoms with E-state index in [1.54, 1.807) is 0 Å². The smallest absolute Gasteiger partial charge is 0.236 e. The van der Waals surface area contributed by atoms with E-state index in [0.717, 1.165) is 82.7 Å². The first-order valence-corrected chi connectivity index (χ1v) is 11.0. The summed E-state index contributed by atoms with van der Waals surface area (Å²) in [5, 5.41) is 0. The highest BCUT2D eigenvalue weighted by atomic mass is 16.2. The Labute approximate surface area is 168 Å². The molecule has 0 atom stereocenters. The molecule has 0 aromatic carbocycles. The molecule has 3 saturated heterocycles. The quantitative estimate of drug-likeness (QED) is 0.788. The van der Waals surface area contributed by atoms with Crippen molar-refractivity contribution in [1.82, 2.24) is 19.8 Å². The van der Waals surface area contributed by atoms with Gasteiger partial charge in [-0.25, -0.2) is 9.97 Å². The topological polar surface area (TPSA) is 55.8 Å². The highest BCUT2D eigenvalue weighted by Crippen LogP contribution is 2.23. The first kappa shape index (κ1) is 19.4. The van der Waals surface area contributed by atoms with E-state index in [1.807, 2.05) is 6.92 Å². The Hall–Kier alpha value is -1.89. The lowest BCUT2D eigenvalue weighted by atomic mass is 10.2. The lowest BCUT2D eigenvalue weighted by Gasteiger charge is -2.36. The summed E-state index contributed by atoms with van der Waals surface area (Å²) >= 11 is 0. The molecule has 0 saturated carbocycles. The fourth-order valence-corrected chi connectivity index (χ4v) is 4.55. The third kappa shape index (κ3) is 4.74. The molecule has 1 amide bonds. The van der Waals surface area contributed by atoms with Crippen molar-refractivity contribution in [3.05, 3.63) is 11.9 Å². The third-order valence-electron chi connectivity index (χ3n) is 6.25. The van der Waals surface area contributed by atoms with Gasteiger partial charge < -0.3 is 14.7 Å². The first-order valence-electron chi connectivity index (χ1n) is 11.0. The van der Waals surface area contributed by atoms with Crippen LogP contribution in [0.15, 0.2) is 6.07 Å². The molecule has 3 aliphatic heterocycles. The van der Waals surface area contributed by atoms with Gasteiger partial charge in [-0.2, -0.15) is 0 Å². The van der Waals surface area contributed by atoms with Crippen LogP contribution < -0.4 is 9.80 Å². The Morgan fingerprint density at radius 2 is 1.32 bits per heavy atom. The van der Waals surface area contributed by atoms with Crippen LogP contribution in [-0.4, -0.2) is 84.6 Å². The van der Waals surface area contributed by atoms with Crippen LogP contribution in [0.3, 0.4) is 0 Å². The van der Waals surface area contributed by atoms with Gasteiger partial charge in [-0.3, -0.25) is 9.69 Å². The SMILES string of the molecule is Cc1nc(N2CCCC2)cc(N2CCN(CC(=O)N3CCCCCC3)CC2)n1. The van der Waals surface area contributed by atoms with Crippen molar-refractivity contribution in [3.63, 3.8) is 0 Å². The number of carbonyl (C=O) groups excluding carboxylic acids is 1. The van der Waals surface area contributed by atoms with Crippen molar-refractivity contribution in [2.45, 2.75) is 45.4 Å². The monoisotopic (exact) mass is 386 g/mol. The van der Waals surface area contributed by atoms with Crippen LogP contribution in [0.4, 0.5) is 11.6 Å². The highest BCUT2D eigenvalue weighted by Gasteiger charge is 2.24. The van der Waals surface area contributed by atoms with Crippen LogP contribution in [0, 0.1) is 6.92 Å². The molecule has 7 nitrogen and oxygen atoms in total. The second-order valence-electron chi connectivity index (χ2n) is 8.38. The molecule has 0 aliphatic carbocycles. The average Bonchev–Trinajstić information content (AvgIpc) is 3.10. The molecule has 1 aromatic heterocycles. The van der Waals surface area contributed by atoms with E-state index < -0.39 is 0 Å². The van der Waals surface area contributed by atoms with Crippen LogP contribution in [0.2, 0.25) is 0 Å². The predicted molar refractivity (Wildman–Crippen MR) is 112 cm³/mol. The molecule has 0 N–H and O–H groups in total. The van der Waals surface area contributed by atoms with Gasteiger partial charge in [-0.05, 0) is 32.6 Å². The molecular weight excluding hydrogens is 352 g/mol. The van der Waals surface area contributed by atoms with Gasteiger partial charge in [0.2, 0.25) is 5.91 Å². The van der Waals surface area contributed by atoms with Gasteiger partial charge in [-0.15, -0.1) is 0 Å². The molecular formula is C21H34N6O. The predicted octanol–water partition coefficient (Wildman–Crippen LogP) is 1.91. The van der Waals surface area contributed by atoms with Crippen LogP contribution in [0.25, 0.3) is 0 Å². The van der Waals surface area contributed by atoms with Crippen LogP contribution in [0.1, 0.15) is 44.3 Å². The van der Waals surface area contributed by atoms with Crippen LogP contribution >= 0.6 is 0 Å². The van der Waals surface area contributed by atoms with Gasteiger partial charge in [0, 0.05) is 58.4 Å². The van der Waals surface area contributed by atoms with E-state index in [2.05, 4.69) is 30.6 Å². The number of piperazine rings is 1. The van der Waals surface area contributed by atoms with Gasteiger partial charge in [0.05, 0.1) is 6.54 Å². The zero-order valence-corrected chi connectivity index (χ0v) is 17.3. The number of carbonyl (C=O) groups is 1. The van der Waals surface area contributed by atoms with Crippen molar-refractivity contribution >= 4 is 17.5 Å². The number of nitrogens with zero attached hydrogens (tertiary/aromatic N) is 6. The summed E-state index contributed by atoms with van der Waals surface area (Å²) in [4.78, 5) is 31.1. The summed E-state index contributed by atoms with van der Waals surface area (Å²) in [6.07, 6.45) is 7.35.